The van der Waals surface area contributed by atoms with Crippen molar-refractivity contribution in [3.63, 3.8) is 0 Å². The number of carbonyl (C=O) groups is 2. The predicted molar refractivity (Wildman–Crippen MR) is 88.4 cm³/mol. The summed E-state index contributed by atoms with van der Waals surface area (Å²) >= 11 is 0. The first-order valence-corrected chi connectivity index (χ1v) is 7.26. The van der Waals surface area contributed by atoms with Gasteiger partial charge in [0.05, 0.1) is 36.2 Å². The van der Waals surface area contributed by atoms with Gasteiger partial charge in [0.25, 0.3) is 0 Å². The third kappa shape index (κ3) is 2.99. The van der Waals surface area contributed by atoms with E-state index in [1.54, 1.807) is 24.3 Å². The molecule has 0 aliphatic heterocycles. The summed E-state index contributed by atoms with van der Waals surface area (Å²) in [4.78, 5) is 40.2. The van der Waals surface area contributed by atoms with Crippen LogP contribution in [0.2, 0.25) is 0 Å². The Labute approximate surface area is 141 Å². The van der Waals surface area contributed by atoms with Crippen LogP contribution in [0, 0.1) is 0 Å². The van der Waals surface area contributed by atoms with E-state index in [0.717, 1.165) is 0 Å². The molecule has 25 heavy (non-hydrogen) atoms. The van der Waals surface area contributed by atoms with Gasteiger partial charge in [-0.15, -0.1) is 0 Å². The summed E-state index contributed by atoms with van der Waals surface area (Å²) in [5.74, 6) is -1.37. The summed E-state index contributed by atoms with van der Waals surface area (Å²) in [7, 11) is 2.41. The summed E-state index contributed by atoms with van der Waals surface area (Å²) in [6, 6.07) is 11.0. The van der Waals surface area contributed by atoms with Crippen LogP contribution >= 0.6 is 0 Å². The van der Waals surface area contributed by atoms with Crippen LogP contribution in [0.5, 0.6) is 0 Å². The van der Waals surface area contributed by atoms with Gasteiger partial charge in [0.1, 0.15) is 0 Å². The maximum atomic E-state index is 12.1. The van der Waals surface area contributed by atoms with Crippen molar-refractivity contribution < 1.29 is 23.5 Å². The Hall–Kier alpha value is -3.48. The Bertz CT molecular complexity index is 1040. The molecule has 2 aromatic carbocycles. The molecule has 1 heterocycles. The van der Waals surface area contributed by atoms with E-state index in [1.807, 2.05) is 0 Å². The van der Waals surface area contributed by atoms with Crippen molar-refractivity contribution in [2.45, 2.75) is 0 Å². The van der Waals surface area contributed by atoms with E-state index in [2.05, 4.69) is 9.72 Å². The fourth-order valence-corrected chi connectivity index (χ4v) is 2.39. The standard InChI is InChI=1S/C18H13NO6/c1-23-16(20)11-8-7-10(9-13(11)17(21)24-2)15-19-14-6-4-3-5-12(14)18(22)25-15/h3-9H,1-2H3. The maximum absolute atomic E-state index is 12.1. The minimum absolute atomic E-state index is 0.00976. The minimum Gasteiger partial charge on any atom is -0.465 e. The number of aromatic nitrogens is 1. The quantitative estimate of drug-likeness (QED) is 0.676. The molecule has 126 valence electrons. The SMILES string of the molecule is COC(=O)c1ccc(-c2nc3ccccc3c(=O)o2)cc1C(=O)OC. The van der Waals surface area contributed by atoms with E-state index in [-0.39, 0.29) is 17.0 Å². The molecule has 0 spiro atoms. The highest BCUT2D eigenvalue weighted by molar-refractivity contribution is 6.04. The molecular weight excluding hydrogens is 326 g/mol. The highest BCUT2D eigenvalue weighted by Crippen LogP contribution is 2.23. The fourth-order valence-electron chi connectivity index (χ4n) is 2.39. The molecule has 7 nitrogen and oxygen atoms in total. The van der Waals surface area contributed by atoms with Gasteiger partial charge in [-0.25, -0.2) is 19.4 Å². The van der Waals surface area contributed by atoms with Crippen molar-refractivity contribution in [3.05, 3.63) is 64.0 Å². The molecule has 0 bridgehead atoms. The average Bonchev–Trinajstić information content (AvgIpc) is 2.66. The van der Waals surface area contributed by atoms with E-state index < -0.39 is 17.6 Å². The molecule has 3 rings (SSSR count). The number of carbonyl (C=O) groups excluding carboxylic acids is 2. The Morgan fingerprint density at radius 3 is 2.36 bits per heavy atom. The normalized spacial score (nSPS) is 10.5. The molecule has 1 aromatic heterocycles. The largest absolute Gasteiger partial charge is 0.465 e. The number of benzene rings is 2. The van der Waals surface area contributed by atoms with Gasteiger partial charge in [-0.2, -0.15) is 0 Å². The highest BCUT2D eigenvalue weighted by atomic mass is 16.5. The topological polar surface area (TPSA) is 95.7 Å². The van der Waals surface area contributed by atoms with Gasteiger partial charge < -0.3 is 13.9 Å². The van der Waals surface area contributed by atoms with Crippen molar-refractivity contribution in [1.82, 2.24) is 4.98 Å². The van der Waals surface area contributed by atoms with Crippen LogP contribution in [0.1, 0.15) is 20.7 Å². The lowest BCUT2D eigenvalue weighted by Gasteiger charge is -2.08. The van der Waals surface area contributed by atoms with Gasteiger partial charge in [-0.1, -0.05) is 12.1 Å². The molecule has 0 unspecified atom stereocenters. The summed E-state index contributed by atoms with van der Waals surface area (Å²) < 4.78 is 14.6. The average molecular weight is 339 g/mol. The van der Waals surface area contributed by atoms with Crippen molar-refractivity contribution >= 4 is 22.8 Å². The second kappa shape index (κ2) is 6.56. The molecule has 0 aliphatic carbocycles. The molecule has 0 amide bonds. The monoisotopic (exact) mass is 339 g/mol. The van der Waals surface area contributed by atoms with Gasteiger partial charge in [-0.05, 0) is 30.3 Å². The number of methoxy groups -OCH3 is 2. The van der Waals surface area contributed by atoms with Crippen LogP contribution in [0.25, 0.3) is 22.4 Å². The molecule has 3 aromatic rings. The minimum atomic E-state index is -0.717. The number of rotatable bonds is 3. The second-order valence-corrected chi connectivity index (χ2v) is 5.07. The lowest BCUT2D eigenvalue weighted by Crippen LogP contribution is -2.12. The van der Waals surface area contributed by atoms with E-state index in [0.29, 0.717) is 16.5 Å². The number of hydrogen-bond acceptors (Lipinski definition) is 7. The van der Waals surface area contributed by atoms with Gasteiger partial charge in [0.15, 0.2) is 0 Å². The summed E-state index contributed by atoms with van der Waals surface area (Å²) in [6.45, 7) is 0. The molecule has 0 radical (unpaired) electrons. The van der Waals surface area contributed by atoms with Gasteiger partial charge in [-0.3, -0.25) is 0 Å². The molecule has 0 aliphatic rings. The highest BCUT2D eigenvalue weighted by Gasteiger charge is 2.20. The lowest BCUT2D eigenvalue weighted by atomic mass is 10.0. The first-order valence-electron chi connectivity index (χ1n) is 7.26. The van der Waals surface area contributed by atoms with E-state index in [1.165, 1.54) is 32.4 Å². The Kier molecular flexibility index (Phi) is 4.30. The number of nitrogens with zero attached hydrogens (tertiary/aromatic N) is 1. The van der Waals surface area contributed by atoms with Crippen LogP contribution < -0.4 is 5.63 Å². The van der Waals surface area contributed by atoms with Crippen molar-refractivity contribution in [1.29, 1.82) is 0 Å². The Morgan fingerprint density at radius 1 is 0.960 bits per heavy atom. The predicted octanol–water partition coefficient (Wildman–Crippen LogP) is 2.43. The smallest absolute Gasteiger partial charge is 0.347 e. The molecule has 0 N–H and O–H groups in total. The second-order valence-electron chi connectivity index (χ2n) is 5.07. The Morgan fingerprint density at radius 2 is 1.64 bits per heavy atom. The molecule has 0 fully saturated rings. The van der Waals surface area contributed by atoms with Crippen LogP contribution in [-0.2, 0) is 9.47 Å². The van der Waals surface area contributed by atoms with E-state index in [4.69, 9.17) is 9.15 Å². The lowest BCUT2D eigenvalue weighted by molar-refractivity contribution is 0.0555. The van der Waals surface area contributed by atoms with Gasteiger partial charge >= 0.3 is 17.6 Å². The van der Waals surface area contributed by atoms with Gasteiger partial charge in [0.2, 0.25) is 5.89 Å². The summed E-state index contributed by atoms with van der Waals surface area (Å²) in [6.07, 6.45) is 0. The zero-order valence-corrected chi connectivity index (χ0v) is 13.4. The van der Waals surface area contributed by atoms with E-state index >= 15 is 0 Å². The first-order chi connectivity index (χ1) is 12.0. The van der Waals surface area contributed by atoms with E-state index in [9.17, 15) is 14.4 Å². The number of esters is 2. The third-order valence-corrected chi connectivity index (χ3v) is 3.61. The third-order valence-electron chi connectivity index (χ3n) is 3.61. The van der Waals surface area contributed by atoms with Crippen LogP contribution in [0.4, 0.5) is 0 Å². The fraction of sp³-hybridized carbons (Fsp3) is 0.111. The zero-order valence-electron chi connectivity index (χ0n) is 13.4. The van der Waals surface area contributed by atoms with Crippen molar-refractivity contribution in [2.24, 2.45) is 0 Å². The number of ether oxygens (including phenoxy) is 2. The van der Waals surface area contributed by atoms with Crippen LogP contribution in [0.15, 0.2) is 51.7 Å². The van der Waals surface area contributed by atoms with Gasteiger partial charge in [0, 0.05) is 5.56 Å². The van der Waals surface area contributed by atoms with Crippen LogP contribution in [0.3, 0.4) is 0 Å². The molecule has 0 saturated heterocycles. The number of para-hydroxylation sites is 1. The van der Waals surface area contributed by atoms with Crippen molar-refractivity contribution in [2.75, 3.05) is 14.2 Å². The van der Waals surface area contributed by atoms with Crippen LogP contribution in [-0.4, -0.2) is 31.1 Å². The molecule has 0 atom stereocenters. The number of hydrogen-bond donors (Lipinski definition) is 0. The zero-order chi connectivity index (χ0) is 18.0. The molecule has 7 heteroatoms. The van der Waals surface area contributed by atoms with Crippen molar-refractivity contribution in [3.8, 4) is 11.5 Å². The first kappa shape index (κ1) is 16.4. The maximum Gasteiger partial charge on any atom is 0.347 e. The Balaban J connectivity index is 2.19. The number of fused-ring (bicyclic) bond motifs is 1. The molecular formula is C18H13NO6. The summed E-state index contributed by atoms with van der Waals surface area (Å²) in [5, 5.41) is 0.352. The molecule has 0 saturated carbocycles. The summed E-state index contributed by atoms with van der Waals surface area (Å²) in [5.41, 5.74) is 0.310.